The molecule has 4 aliphatic rings. The summed E-state index contributed by atoms with van der Waals surface area (Å²) < 4.78 is 8.48. The molecule has 0 aliphatic carbocycles. The fourth-order valence-electron chi connectivity index (χ4n) is 9.99. The molecule has 0 radical (unpaired) electrons. The molecule has 8 rings (SSSR count). The van der Waals surface area contributed by atoms with Crippen molar-refractivity contribution in [3.05, 3.63) is 58.2 Å². The third-order valence-corrected chi connectivity index (χ3v) is 14.3. The lowest BCUT2D eigenvalue weighted by molar-refractivity contribution is -0.155. The topological polar surface area (TPSA) is 184 Å². The van der Waals surface area contributed by atoms with Gasteiger partial charge in [0.2, 0.25) is 11.8 Å². The van der Waals surface area contributed by atoms with Crippen LogP contribution in [0.5, 0.6) is 0 Å². The minimum atomic E-state index is -1.07. The maximum atomic E-state index is 14.7. The number of carbonyl (C=O) groups excluding carboxylic acids is 5. The SMILES string of the molecule is CCn1c(-c2cccnc2C(C)C)c2c3cc(ccc31)-c1csc(n1)C[C@H](NC(=O)[C@H](C(C)C)N(C)C(=O)N1CCN(C(=O)[C@@H]3CN3)C[C@H]1C)C(=O)N1CCC[C@H](N1)C(=O)OCC(C)(C)C2. The van der Waals surface area contributed by atoms with Gasteiger partial charge in [-0.3, -0.25) is 29.2 Å². The van der Waals surface area contributed by atoms with Crippen LogP contribution >= 0.6 is 11.3 Å². The van der Waals surface area contributed by atoms with Crippen molar-refractivity contribution in [2.75, 3.05) is 46.4 Å². The summed E-state index contributed by atoms with van der Waals surface area (Å²) >= 11 is 1.42. The molecule has 0 unspecified atom stereocenters. The molecule has 5 atom stereocenters. The molecule has 7 heterocycles. The van der Waals surface area contributed by atoms with E-state index in [0.717, 1.165) is 51.2 Å². The Bertz CT molecular complexity index is 2490. The van der Waals surface area contributed by atoms with Gasteiger partial charge in [-0.1, -0.05) is 47.6 Å². The number of carbonyl (C=O) groups is 5. The standard InChI is InChI=1S/C49H66N10O6S/c1-10-57-39-16-15-31-21-33(39)34(43(57)32-13-11-17-50-41(32)28(2)3)23-49(7,8)27-65-47(63)35-14-12-18-59(54-35)46(62)36(22-40-52-38(31)26-66-40)53-44(60)42(29(4)5)55(9)48(64)58-20-19-56(25-30(58)6)45(61)37-24-51-37/h11,13,15-17,21,26,28-30,35-37,42,51,54H,10,12,14,18-20,22-25,27H2,1-9H3,(H,53,60)/t30-,35+,36+,37+,42+/m1/s1. The number of ether oxygens (including phenoxy) is 1. The zero-order chi connectivity index (χ0) is 47.2. The van der Waals surface area contributed by atoms with Gasteiger partial charge in [0.25, 0.3) is 5.91 Å². The Balaban J connectivity index is 1.13. The van der Waals surface area contributed by atoms with Crippen molar-refractivity contribution in [3.8, 4) is 22.5 Å². The summed E-state index contributed by atoms with van der Waals surface area (Å²) in [6.07, 6.45) is 3.59. The predicted octanol–water partition coefficient (Wildman–Crippen LogP) is 5.20. The fraction of sp³-hybridized carbons (Fsp3) is 0.571. The second-order valence-corrected chi connectivity index (χ2v) is 20.9. The number of esters is 1. The Labute approximate surface area is 391 Å². The van der Waals surface area contributed by atoms with Crippen LogP contribution in [0, 0.1) is 11.3 Å². The van der Waals surface area contributed by atoms with Crippen LogP contribution in [0.3, 0.4) is 0 Å². The number of amides is 5. The molecule has 3 saturated heterocycles. The first-order valence-electron chi connectivity index (χ1n) is 23.6. The van der Waals surface area contributed by atoms with Crippen molar-refractivity contribution in [1.29, 1.82) is 0 Å². The summed E-state index contributed by atoms with van der Waals surface area (Å²) in [6.45, 7) is 19.4. The van der Waals surface area contributed by atoms with Gasteiger partial charge in [-0.15, -0.1) is 11.3 Å². The summed E-state index contributed by atoms with van der Waals surface area (Å²) in [5, 5.41) is 11.3. The maximum Gasteiger partial charge on any atom is 0.324 e. The van der Waals surface area contributed by atoms with Crippen LogP contribution < -0.4 is 16.1 Å². The lowest BCUT2D eigenvalue weighted by atomic mass is 9.84. The highest BCUT2D eigenvalue weighted by Gasteiger charge is 2.42. The first kappa shape index (κ1) is 47.1. The van der Waals surface area contributed by atoms with Gasteiger partial charge in [0.05, 0.1) is 34.7 Å². The number of cyclic esters (lactones) is 1. The van der Waals surface area contributed by atoms with Crippen LogP contribution in [0.1, 0.15) is 90.4 Å². The zero-order valence-corrected chi connectivity index (χ0v) is 40.7. The van der Waals surface area contributed by atoms with E-state index in [-0.39, 0.29) is 48.9 Å². The number of hydrazine groups is 1. The Morgan fingerprint density at radius 1 is 1.09 bits per heavy atom. The van der Waals surface area contributed by atoms with Crippen molar-refractivity contribution in [1.82, 2.24) is 50.3 Å². The summed E-state index contributed by atoms with van der Waals surface area (Å²) in [4.78, 5) is 85.0. The van der Waals surface area contributed by atoms with Crippen molar-refractivity contribution in [2.45, 2.75) is 124 Å². The average Bonchev–Trinajstić information content (AvgIpc) is 3.97. The van der Waals surface area contributed by atoms with Gasteiger partial charge in [-0.05, 0) is 74.8 Å². The van der Waals surface area contributed by atoms with Crippen LogP contribution in [0.4, 0.5) is 4.79 Å². The number of hydrogen-bond acceptors (Lipinski definition) is 11. The number of likely N-dealkylation sites (N-methyl/N-ethyl adjacent to an activating group) is 1. The molecule has 6 bridgehead atoms. The highest BCUT2D eigenvalue weighted by Crippen LogP contribution is 2.42. The molecule has 3 fully saturated rings. The largest absolute Gasteiger partial charge is 0.464 e. The van der Waals surface area contributed by atoms with Crippen LogP contribution in [0.2, 0.25) is 0 Å². The molecular formula is C49H66N10O6S. The van der Waals surface area contributed by atoms with Gasteiger partial charge in [-0.25, -0.2) is 15.2 Å². The van der Waals surface area contributed by atoms with E-state index in [4.69, 9.17) is 14.7 Å². The number of aromatic nitrogens is 3. The Hall–Kier alpha value is -5.39. The van der Waals surface area contributed by atoms with Crippen LogP contribution in [-0.2, 0) is 43.3 Å². The number of fused-ring (bicyclic) bond motifs is 6. The van der Waals surface area contributed by atoms with Gasteiger partial charge >= 0.3 is 12.0 Å². The molecular weight excluding hydrogens is 857 g/mol. The first-order valence-corrected chi connectivity index (χ1v) is 24.5. The average molecular weight is 923 g/mol. The summed E-state index contributed by atoms with van der Waals surface area (Å²) in [5.41, 5.74) is 9.81. The molecule has 4 aliphatic heterocycles. The molecule has 3 aromatic heterocycles. The number of rotatable bonds is 8. The summed E-state index contributed by atoms with van der Waals surface area (Å²) in [6, 6.07) is 7.10. The number of urea groups is 1. The van der Waals surface area contributed by atoms with Gasteiger partial charge in [0.15, 0.2) is 0 Å². The van der Waals surface area contributed by atoms with Crippen molar-refractivity contribution < 1.29 is 28.7 Å². The minimum Gasteiger partial charge on any atom is -0.464 e. The van der Waals surface area contributed by atoms with E-state index in [1.54, 1.807) is 16.8 Å². The fourth-order valence-corrected chi connectivity index (χ4v) is 10.8. The molecule has 17 heteroatoms. The van der Waals surface area contributed by atoms with E-state index >= 15 is 0 Å². The van der Waals surface area contributed by atoms with Gasteiger partial charge in [0, 0.05) is 97.8 Å². The third kappa shape index (κ3) is 9.56. The quantitative estimate of drug-likeness (QED) is 0.157. The van der Waals surface area contributed by atoms with Gasteiger partial charge in [0.1, 0.15) is 18.1 Å². The van der Waals surface area contributed by atoms with Crippen molar-refractivity contribution in [3.63, 3.8) is 0 Å². The third-order valence-electron chi connectivity index (χ3n) is 13.5. The molecule has 66 heavy (non-hydrogen) atoms. The first-order chi connectivity index (χ1) is 31.5. The monoisotopic (exact) mass is 922 g/mol. The van der Waals surface area contributed by atoms with Crippen molar-refractivity contribution >= 4 is 52.0 Å². The number of nitrogens with one attached hydrogen (secondary N) is 3. The maximum absolute atomic E-state index is 14.7. The van der Waals surface area contributed by atoms with Gasteiger partial charge in [-0.2, -0.15) is 0 Å². The number of benzene rings is 1. The van der Waals surface area contributed by atoms with Crippen LogP contribution in [-0.4, -0.2) is 141 Å². The molecule has 3 N–H and O–H groups in total. The molecule has 0 saturated carbocycles. The Kier molecular flexibility index (Phi) is 13.6. The van der Waals surface area contributed by atoms with Crippen molar-refractivity contribution in [2.24, 2.45) is 11.3 Å². The molecule has 0 spiro atoms. The zero-order valence-electron chi connectivity index (χ0n) is 39.8. The Morgan fingerprint density at radius 3 is 2.56 bits per heavy atom. The van der Waals surface area contributed by atoms with E-state index < -0.39 is 41.3 Å². The smallest absolute Gasteiger partial charge is 0.324 e. The predicted molar refractivity (Wildman–Crippen MR) is 254 cm³/mol. The summed E-state index contributed by atoms with van der Waals surface area (Å²) in [7, 11) is 1.62. The van der Waals surface area contributed by atoms with E-state index in [9.17, 15) is 24.0 Å². The van der Waals surface area contributed by atoms with E-state index in [1.165, 1.54) is 21.2 Å². The van der Waals surface area contributed by atoms with E-state index in [1.807, 2.05) is 38.4 Å². The van der Waals surface area contributed by atoms with E-state index in [0.29, 0.717) is 57.0 Å². The number of pyridine rings is 1. The number of hydrogen-bond donors (Lipinski definition) is 3. The Morgan fingerprint density at radius 2 is 1.86 bits per heavy atom. The normalized spacial score (nSPS) is 22.9. The number of thiazole rings is 1. The lowest BCUT2D eigenvalue weighted by Crippen LogP contribution is -2.63. The molecule has 1 aromatic carbocycles. The number of piperazine rings is 1. The van der Waals surface area contributed by atoms with Crippen LogP contribution in [0.25, 0.3) is 33.4 Å². The highest BCUT2D eigenvalue weighted by atomic mass is 32.1. The second kappa shape index (κ2) is 19.1. The van der Waals surface area contributed by atoms with Crippen LogP contribution in [0.15, 0.2) is 41.9 Å². The number of nitrogens with zero attached hydrogens (tertiary/aromatic N) is 7. The van der Waals surface area contributed by atoms with E-state index in [2.05, 4.69) is 79.5 Å². The lowest BCUT2D eigenvalue weighted by Gasteiger charge is -2.43. The molecule has 4 aromatic rings. The second-order valence-electron chi connectivity index (χ2n) is 19.9. The minimum absolute atomic E-state index is 0.0479. The molecule has 16 nitrogen and oxygen atoms in total. The molecule has 354 valence electrons. The van der Waals surface area contributed by atoms with Gasteiger partial charge < -0.3 is 34.6 Å². The highest BCUT2D eigenvalue weighted by molar-refractivity contribution is 7.10. The number of aryl methyl sites for hydroxylation is 1. The summed E-state index contributed by atoms with van der Waals surface area (Å²) in [5.74, 6) is -1.40. The molecule has 5 amide bonds.